The topological polar surface area (TPSA) is 58.2 Å². The van der Waals surface area contributed by atoms with E-state index in [9.17, 15) is 9.59 Å². The predicted molar refractivity (Wildman–Crippen MR) is 97.6 cm³/mol. The Balaban J connectivity index is 3.21. The molecule has 4 heteroatoms. The summed E-state index contributed by atoms with van der Waals surface area (Å²) in [6.45, 7) is 5.75. The van der Waals surface area contributed by atoms with Crippen LogP contribution in [0, 0.1) is 5.92 Å². The van der Waals surface area contributed by atoms with Gasteiger partial charge < -0.3 is 10.6 Å². The lowest BCUT2D eigenvalue weighted by Crippen LogP contribution is -2.24. The SMILES string of the molecule is CNCCCCC(=O)NCCCCCCCCCC(=O)C(C)C. The fourth-order valence-corrected chi connectivity index (χ4v) is 2.50. The summed E-state index contributed by atoms with van der Waals surface area (Å²) in [6.07, 6.45) is 11.6. The minimum absolute atomic E-state index is 0.188. The van der Waals surface area contributed by atoms with Crippen molar-refractivity contribution in [1.82, 2.24) is 10.6 Å². The fraction of sp³-hybridized carbons (Fsp3) is 0.895. The molecule has 0 saturated carbocycles. The Kier molecular flexibility index (Phi) is 15.4. The van der Waals surface area contributed by atoms with Gasteiger partial charge in [0.1, 0.15) is 5.78 Å². The van der Waals surface area contributed by atoms with E-state index in [2.05, 4.69) is 10.6 Å². The second kappa shape index (κ2) is 16.0. The first-order valence-corrected chi connectivity index (χ1v) is 9.52. The maximum absolute atomic E-state index is 11.6. The van der Waals surface area contributed by atoms with Crippen LogP contribution < -0.4 is 10.6 Å². The highest BCUT2D eigenvalue weighted by molar-refractivity contribution is 5.80. The lowest BCUT2D eigenvalue weighted by atomic mass is 10.0. The van der Waals surface area contributed by atoms with E-state index >= 15 is 0 Å². The molecule has 136 valence electrons. The van der Waals surface area contributed by atoms with E-state index in [1.54, 1.807) is 0 Å². The predicted octanol–water partition coefficient (Wildman–Crippen LogP) is 3.84. The Morgan fingerprint density at radius 3 is 1.87 bits per heavy atom. The van der Waals surface area contributed by atoms with Crippen LogP contribution in [-0.2, 0) is 9.59 Å². The van der Waals surface area contributed by atoms with E-state index in [1.807, 2.05) is 20.9 Å². The van der Waals surface area contributed by atoms with Gasteiger partial charge in [-0.1, -0.05) is 46.0 Å². The Morgan fingerprint density at radius 2 is 1.26 bits per heavy atom. The second-order valence-corrected chi connectivity index (χ2v) is 6.76. The van der Waals surface area contributed by atoms with Crippen LogP contribution in [0.1, 0.15) is 84.5 Å². The molecule has 0 aromatic carbocycles. The molecule has 0 rings (SSSR count). The van der Waals surface area contributed by atoms with Crippen LogP contribution in [-0.4, -0.2) is 31.8 Å². The van der Waals surface area contributed by atoms with Crippen molar-refractivity contribution in [2.24, 2.45) is 5.92 Å². The fourth-order valence-electron chi connectivity index (χ4n) is 2.50. The zero-order chi connectivity index (χ0) is 17.3. The van der Waals surface area contributed by atoms with E-state index < -0.39 is 0 Å². The molecule has 0 aliphatic heterocycles. The zero-order valence-electron chi connectivity index (χ0n) is 15.6. The Bertz CT molecular complexity index is 304. The van der Waals surface area contributed by atoms with Gasteiger partial charge in [0.25, 0.3) is 0 Å². The van der Waals surface area contributed by atoms with Crippen molar-refractivity contribution >= 4 is 11.7 Å². The number of Topliss-reactive ketones (excluding diaryl/α,β-unsaturated/α-hetero) is 1. The Labute approximate surface area is 143 Å². The minimum atomic E-state index is 0.188. The normalized spacial score (nSPS) is 11.0. The minimum Gasteiger partial charge on any atom is -0.356 e. The van der Waals surface area contributed by atoms with Crippen molar-refractivity contribution in [3.8, 4) is 0 Å². The lowest BCUT2D eigenvalue weighted by Gasteiger charge is -2.06. The molecule has 0 spiro atoms. The van der Waals surface area contributed by atoms with Crippen molar-refractivity contribution in [2.75, 3.05) is 20.1 Å². The third kappa shape index (κ3) is 15.8. The van der Waals surface area contributed by atoms with Crippen molar-refractivity contribution in [1.29, 1.82) is 0 Å². The van der Waals surface area contributed by atoms with Crippen molar-refractivity contribution < 1.29 is 9.59 Å². The Morgan fingerprint density at radius 1 is 0.739 bits per heavy atom. The van der Waals surface area contributed by atoms with Crippen LogP contribution in [0.3, 0.4) is 0 Å². The van der Waals surface area contributed by atoms with Crippen LogP contribution in [0.15, 0.2) is 0 Å². The maximum atomic E-state index is 11.6. The van der Waals surface area contributed by atoms with Crippen LogP contribution in [0.5, 0.6) is 0 Å². The number of hydrogen-bond donors (Lipinski definition) is 2. The molecule has 0 aromatic heterocycles. The highest BCUT2D eigenvalue weighted by Crippen LogP contribution is 2.10. The molecule has 0 radical (unpaired) electrons. The van der Waals surface area contributed by atoms with E-state index in [0.29, 0.717) is 12.2 Å². The molecule has 23 heavy (non-hydrogen) atoms. The van der Waals surface area contributed by atoms with Gasteiger partial charge in [0.05, 0.1) is 0 Å². The van der Waals surface area contributed by atoms with Crippen molar-refractivity contribution in [3.63, 3.8) is 0 Å². The average Bonchev–Trinajstić information content (AvgIpc) is 2.53. The van der Waals surface area contributed by atoms with E-state index in [4.69, 9.17) is 0 Å². The summed E-state index contributed by atoms with van der Waals surface area (Å²) >= 11 is 0. The third-order valence-electron chi connectivity index (χ3n) is 4.15. The molecule has 1 amide bonds. The second-order valence-electron chi connectivity index (χ2n) is 6.76. The zero-order valence-corrected chi connectivity index (χ0v) is 15.6. The molecule has 4 nitrogen and oxygen atoms in total. The monoisotopic (exact) mass is 326 g/mol. The highest BCUT2D eigenvalue weighted by Gasteiger charge is 2.05. The third-order valence-corrected chi connectivity index (χ3v) is 4.15. The molecule has 0 aliphatic carbocycles. The van der Waals surface area contributed by atoms with Crippen molar-refractivity contribution in [3.05, 3.63) is 0 Å². The quantitative estimate of drug-likeness (QED) is 0.424. The Hall–Kier alpha value is -0.900. The molecule has 0 heterocycles. The summed E-state index contributed by atoms with van der Waals surface area (Å²) in [6, 6.07) is 0. The van der Waals surface area contributed by atoms with E-state index in [1.165, 1.54) is 32.1 Å². The summed E-state index contributed by atoms with van der Waals surface area (Å²) in [5.41, 5.74) is 0. The van der Waals surface area contributed by atoms with Gasteiger partial charge in [0, 0.05) is 25.3 Å². The number of rotatable bonds is 16. The summed E-state index contributed by atoms with van der Waals surface area (Å²) in [5, 5.41) is 6.08. The molecule has 0 fully saturated rings. The first-order valence-electron chi connectivity index (χ1n) is 9.52. The first-order chi connectivity index (χ1) is 11.1. The molecular weight excluding hydrogens is 288 g/mol. The standard InChI is InChI=1S/C19H38N2O2/c1-17(2)18(22)13-9-7-5-4-6-8-11-16-21-19(23)14-10-12-15-20-3/h17,20H,4-16H2,1-3H3,(H,21,23). The maximum Gasteiger partial charge on any atom is 0.219 e. The molecule has 0 aromatic rings. The van der Waals surface area contributed by atoms with Crippen LogP contribution >= 0.6 is 0 Å². The van der Waals surface area contributed by atoms with Gasteiger partial charge in [0.15, 0.2) is 0 Å². The van der Waals surface area contributed by atoms with Crippen LogP contribution in [0.2, 0.25) is 0 Å². The van der Waals surface area contributed by atoms with Gasteiger partial charge in [-0.2, -0.15) is 0 Å². The largest absolute Gasteiger partial charge is 0.356 e. The van der Waals surface area contributed by atoms with Gasteiger partial charge in [-0.3, -0.25) is 9.59 Å². The van der Waals surface area contributed by atoms with E-state index in [0.717, 1.165) is 45.2 Å². The molecular formula is C19H38N2O2. The smallest absolute Gasteiger partial charge is 0.219 e. The van der Waals surface area contributed by atoms with Crippen LogP contribution in [0.25, 0.3) is 0 Å². The number of nitrogens with one attached hydrogen (secondary N) is 2. The highest BCUT2D eigenvalue weighted by atomic mass is 16.1. The van der Waals surface area contributed by atoms with Gasteiger partial charge in [-0.25, -0.2) is 0 Å². The van der Waals surface area contributed by atoms with Crippen molar-refractivity contribution in [2.45, 2.75) is 84.5 Å². The number of carbonyl (C=O) groups is 2. The number of amides is 1. The summed E-state index contributed by atoms with van der Waals surface area (Å²) < 4.78 is 0. The van der Waals surface area contributed by atoms with Gasteiger partial charge in [-0.15, -0.1) is 0 Å². The number of unbranched alkanes of at least 4 members (excludes halogenated alkanes) is 7. The molecule has 0 unspecified atom stereocenters. The molecule has 0 bridgehead atoms. The van der Waals surface area contributed by atoms with Gasteiger partial charge in [0.2, 0.25) is 5.91 Å². The number of ketones is 1. The summed E-state index contributed by atoms with van der Waals surface area (Å²) in [4.78, 5) is 23.0. The van der Waals surface area contributed by atoms with E-state index in [-0.39, 0.29) is 11.8 Å². The molecule has 0 atom stereocenters. The number of carbonyl (C=O) groups excluding carboxylic acids is 2. The summed E-state index contributed by atoms with van der Waals surface area (Å²) in [5.74, 6) is 0.774. The molecule has 0 saturated heterocycles. The van der Waals surface area contributed by atoms with Gasteiger partial charge in [-0.05, 0) is 39.3 Å². The molecule has 2 N–H and O–H groups in total. The number of hydrogen-bond acceptors (Lipinski definition) is 3. The average molecular weight is 327 g/mol. The lowest BCUT2D eigenvalue weighted by molar-refractivity contribution is -0.122. The van der Waals surface area contributed by atoms with Crippen LogP contribution in [0.4, 0.5) is 0 Å². The van der Waals surface area contributed by atoms with Gasteiger partial charge >= 0.3 is 0 Å². The first kappa shape index (κ1) is 22.1. The molecule has 0 aliphatic rings. The summed E-state index contributed by atoms with van der Waals surface area (Å²) in [7, 11) is 1.94.